The summed E-state index contributed by atoms with van der Waals surface area (Å²) in [5.41, 5.74) is 3.76. The number of anilines is 1. The van der Waals surface area contributed by atoms with Gasteiger partial charge in [-0.1, -0.05) is 17.3 Å². The first-order valence-corrected chi connectivity index (χ1v) is 10.6. The first-order valence-electron chi connectivity index (χ1n) is 10.6. The van der Waals surface area contributed by atoms with Gasteiger partial charge in [-0.3, -0.25) is 0 Å². The number of hydrogen-bond acceptors (Lipinski definition) is 7. The molecular formula is C23H22F2N6O2. The summed E-state index contributed by atoms with van der Waals surface area (Å²) in [7, 11) is 1.43. The first-order chi connectivity index (χ1) is 16.1. The smallest absolute Gasteiger partial charge is 0.223 e. The van der Waals surface area contributed by atoms with Gasteiger partial charge in [-0.15, -0.1) is 5.10 Å². The van der Waals surface area contributed by atoms with Crippen molar-refractivity contribution in [2.45, 2.75) is 25.2 Å². The summed E-state index contributed by atoms with van der Waals surface area (Å²) in [6.45, 7) is 0.952. The summed E-state index contributed by atoms with van der Waals surface area (Å²) >= 11 is 0. The molecule has 1 aliphatic rings. The molecule has 0 amide bonds. The Morgan fingerprint density at radius 2 is 2.12 bits per heavy atom. The van der Waals surface area contributed by atoms with Crippen molar-refractivity contribution in [3.63, 3.8) is 0 Å². The Bertz CT molecular complexity index is 1280. The predicted octanol–water partition coefficient (Wildman–Crippen LogP) is 3.62. The highest BCUT2D eigenvalue weighted by atomic mass is 19.1. The highest BCUT2D eigenvalue weighted by molar-refractivity contribution is 5.80. The summed E-state index contributed by atoms with van der Waals surface area (Å²) < 4.78 is 39.9. The third-order valence-electron chi connectivity index (χ3n) is 5.62. The van der Waals surface area contributed by atoms with Crippen LogP contribution in [0.5, 0.6) is 5.75 Å². The monoisotopic (exact) mass is 452 g/mol. The van der Waals surface area contributed by atoms with E-state index in [1.54, 1.807) is 29.1 Å². The van der Waals surface area contributed by atoms with Gasteiger partial charge in [0.2, 0.25) is 5.95 Å². The Morgan fingerprint density at radius 1 is 1.21 bits per heavy atom. The second-order valence-electron chi connectivity index (χ2n) is 7.82. The van der Waals surface area contributed by atoms with Crippen LogP contribution in [0.15, 0.2) is 48.7 Å². The second-order valence-corrected chi connectivity index (χ2v) is 7.82. The van der Waals surface area contributed by atoms with E-state index in [1.807, 2.05) is 18.2 Å². The number of halogens is 2. The number of aromatic nitrogens is 5. The summed E-state index contributed by atoms with van der Waals surface area (Å²) in [6, 6.07) is 11.9. The van der Waals surface area contributed by atoms with Gasteiger partial charge in [-0.05, 0) is 42.3 Å². The Morgan fingerprint density at radius 3 is 2.94 bits per heavy atom. The molecule has 2 aromatic carbocycles. The standard InChI is InChI=1S/C23H22F2N6O2/c1-32-22-5-2-14(10-16(22)24)12-31-21-4-3-15(11-20(21)29-30-31)18-6-8-26-23(27-18)28-19-7-9-33-13-17(19)25/h2-6,8,10-11,17,19H,7,9,12-13H2,1H3,(H,26,27,28). The molecule has 33 heavy (non-hydrogen) atoms. The van der Waals surface area contributed by atoms with Crippen molar-refractivity contribution in [3.8, 4) is 17.0 Å². The van der Waals surface area contributed by atoms with Crippen LogP contribution in [-0.2, 0) is 11.3 Å². The van der Waals surface area contributed by atoms with Gasteiger partial charge in [-0.2, -0.15) is 0 Å². The zero-order valence-corrected chi connectivity index (χ0v) is 17.9. The summed E-state index contributed by atoms with van der Waals surface area (Å²) in [5.74, 6) is 0.145. The van der Waals surface area contributed by atoms with Crippen LogP contribution in [0.2, 0.25) is 0 Å². The lowest BCUT2D eigenvalue weighted by molar-refractivity contribution is 0.0284. The third-order valence-corrected chi connectivity index (χ3v) is 5.62. The van der Waals surface area contributed by atoms with Gasteiger partial charge in [0.05, 0.1) is 37.5 Å². The third kappa shape index (κ3) is 4.47. The van der Waals surface area contributed by atoms with E-state index in [-0.39, 0.29) is 18.4 Å². The fourth-order valence-corrected chi connectivity index (χ4v) is 3.85. The summed E-state index contributed by atoms with van der Waals surface area (Å²) in [5, 5.41) is 11.5. The molecule has 3 heterocycles. The zero-order valence-electron chi connectivity index (χ0n) is 17.9. The molecule has 1 fully saturated rings. The van der Waals surface area contributed by atoms with Gasteiger partial charge in [-0.25, -0.2) is 23.4 Å². The predicted molar refractivity (Wildman–Crippen MR) is 118 cm³/mol. The molecule has 2 atom stereocenters. The van der Waals surface area contributed by atoms with Crippen molar-refractivity contribution in [3.05, 3.63) is 60.0 Å². The molecule has 2 unspecified atom stereocenters. The summed E-state index contributed by atoms with van der Waals surface area (Å²) in [6.07, 6.45) is 1.09. The largest absolute Gasteiger partial charge is 0.494 e. The molecule has 170 valence electrons. The van der Waals surface area contributed by atoms with Gasteiger partial charge < -0.3 is 14.8 Å². The molecule has 1 saturated heterocycles. The number of ether oxygens (including phenoxy) is 2. The van der Waals surface area contributed by atoms with E-state index in [1.165, 1.54) is 13.2 Å². The van der Waals surface area contributed by atoms with Crippen LogP contribution in [0, 0.1) is 5.82 Å². The van der Waals surface area contributed by atoms with Crippen LogP contribution in [0.1, 0.15) is 12.0 Å². The highest BCUT2D eigenvalue weighted by Gasteiger charge is 2.26. The number of fused-ring (bicyclic) bond motifs is 1. The van der Waals surface area contributed by atoms with E-state index in [2.05, 4.69) is 25.6 Å². The topological polar surface area (TPSA) is 87.0 Å². The fourth-order valence-electron chi connectivity index (χ4n) is 3.85. The quantitative estimate of drug-likeness (QED) is 0.478. The van der Waals surface area contributed by atoms with Gasteiger partial charge in [0, 0.05) is 18.4 Å². The lowest BCUT2D eigenvalue weighted by atomic mass is 10.1. The van der Waals surface area contributed by atoms with Gasteiger partial charge in [0.25, 0.3) is 0 Å². The lowest BCUT2D eigenvalue weighted by Gasteiger charge is -2.26. The van der Waals surface area contributed by atoms with E-state index in [0.29, 0.717) is 36.7 Å². The van der Waals surface area contributed by atoms with Crippen molar-refractivity contribution >= 4 is 17.0 Å². The SMILES string of the molecule is COc1ccc(Cn2nnc3cc(-c4ccnc(NC5CCOCC5F)n4)ccc32)cc1F. The van der Waals surface area contributed by atoms with Crippen molar-refractivity contribution in [2.75, 3.05) is 25.6 Å². The van der Waals surface area contributed by atoms with E-state index in [0.717, 1.165) is 16.6 Å². The number of hydrogen-bond donors (Lipinski definition) is 1. The Kier molecular flexibility index (Phi) is 5.82. The van der Waals surface area contributed by atoms with Crippen LogP contribution in [0.3, 0.4) is 0 Å². The zero-order chi connectivity index (χ0) is 22.8. The van der Waals surface area contributed by atoms with Crippen molar-refractivity contribution in [1.82, 2.24) is 25.0 Å². The number of benzene rings is 2. The van der Waals surface area contributed by atoms with E-state index in [4.69, 9.17) is 9.47 Å². The van der Waals surface area contributed by atoms with Gasteiger partial charge in [0.1, 0.15) is 11.7 Å². The number of rotatable bonds is 6. The van der Waals surface area contributed by atoms with Crippen LogP contribution in [0.4, 0.5) is 14.7 Å². The average molecular weight is 452 g/mol. The first kappa shape index (κ1) is 21.2. The van der Waals surface area contributed by atoms with Crippen molar-refractivity contribution in [2.24, 2.45) is 0 Å². The number of methoxy groups -OCH3 is 1. The molecule has 0 saturated carbocycles. The van der Waals surface area contributed by atoms with E-state index >= 15 is 0 Å². The molecule has 0 spiro atoms. The Labute approximate surface area is 188 Å². The molecule has 1 N–H and O–H groups in total. The molecule has 5 rings (SSSR count). The molecule has 1 aliphatic heterocycles. The minimum atomic E-state index is -1.10. The molecular weight excluding hydrogens is 430 g/mol. The van der Waals surface area contributed by atoms with Crippen molar-refractivity contribution < 1.29 is 18.3 Å². The number of nitrogens with one attached hydrogen (secondary N) is 1. The summed E-state index contributed by atoms with van der Waals surface area (Å²) in [4.78, 5) is 8.77. The minimum Gasteiger partial charge on any atom is -0.494 e. The maximum Gasteiger partial charge on any atom is 0.223 e. The Balaban J connectivity index is 1.37. The second kappa shape index (κ2) is 9.07. The molecule has 4 aromatic rings. The number of nitrogens with zero attached hydrogens (tertiary/aromatic N) is 5. The number of alkyl halides is 1. The van der Waals surface area contributed by atoms with Gasteiger partial charge >= 0.3 is 0 Å². The van der Waals surface area contributed by atoms with E-state index in [9.17, 15) is 8.78 Å². The molecule has 0 aliphatic carbocycles. The molecule has 0 radical (unpaired) electrons. The van der Waals surface area contributed by atoms with Crippen LogP contribution in [0.25, 0.3) is 22.3 Å². The molecule has 0 bridgehead atoms. The molecule has 8 nitrogen and oxygen atoms in total. The van der Waals surface area contributed by atoms with E-state index < -0.39 is 12.0 Å². The van der Waals surface area contributed by atoms with Gasteiger partial charge in [0.15, 0.2) is 11.6 Å². The fraction of sp³-hybridized carbons (Fsp3) is 0.304. The van der Waals surface area contributed by atoms with Crippen LogP contribution in [-0.4, -0.2) is 57.5 Å². The van der Waals surface area contributed by atoms with Crippen LogP contribution < -0.4 is 10.1 Å². The normalized spacial score (nSPS) is 18.4. The van der Waals surface area contributed by atoms with Crippen molar-refractivity contribution in [1.29, 1.82) is 0 Å². The minimum absolute atomic E-state index is 0.0762. The van der Waals surface area contributed by atoms with Crippen LogP contribution >= 0.6 is 0 Å². The maximum atomic E-state index is 14.1. The Hall–Kier alpha value is -3.66. The highest BCUT2D eigenvalue weighted by Crippen LogP contribution is 2.24. The maximum absolute atomic E-state index is 14.1. The lowest BCUT2D eigenvalue weighted by Crippen LogP contribution is -2.39. The molecule has 2 aromatic heterocycles. The molecule has 10 heteroatoms. The average Bonchev–Trinajstić information content (AvgIpc) is 3.23.